The summed E-state index contributed by atoms with van der Waals surface area (Å²) in [5, 5.41) is 0. The van der Waals surface area contributed by atoms with Crippen molar-refractivity contribution in [1.82, 2.24) is 0 Å². The maximum absolute atomic E-state index is 6.26. The monoisotopic (exact) mass is 353 g/mol. The second kappa shape index (κ2) is 13.3. The van der Waals surface area contributed by atoms with E-state index >= 15 is 0 Å². The molecule has 1 atom stereocenters. The molecule has 1 unspecified atom stereocenters. The first-order chi connectivity index (χ1) is 11.1. The molecule has 0 aromatic carbocycles. The molecule has 0 saturated carbocycles. The molecule has 0 bridgehead atoms. The van der Waals surface area contributed by atoms with Crippen molar-refractivity contribution in [2.75, 3.05) is 46.2 Å². The van der Waals surface area contributed by atoms with Crippen LogP contribution in [-0.4, -0.2) is 61.0 Å². The summed E-state index contributed by atoms with van der Waals surface area (Å²) in [5.74, 6) is -0.976. The maximum Gasteiger partial charge on any atom is 0.681 e. The van der Waals surface area contributed by atoms with Crippen molar-refractivity contribution in [2.45, 2.75) is 53.2 Å². The van der Waals surface area contributed by atoms with Crippen LogP contribution in [0.2, 0.25) is 0 Å². The van der Waals surface area contributed by atoms with Crippen molar-refractivity contribution in [3.8, 4) is 0 Å². The van der Waals surface area contributed by atoms with Crippen molar-refractivity contribution >= 4 is 9.05 Å². The van der Waals surface area contributed by atoms with E-state index in [1.54, 1.807) is 0 Å². The van der Waals surface area contributed by atoms with Crippen LogP contribution in [0.5, 0.6) is 0 Å². The minimum atomic E-state index is -3.31. The molecular formula is C15H35NO6Si. The SMILES string of the molecule is CCOCC(CCCN)(OCC)O[Si](OCC)(OCC)OCC. The van der Waals surface area contributed by atoms with Crippen molar-refractivity contribution in [3.05, 3.63) is 0 Å². The zero-order chi connectivity index (χ0) is 17.6. The third kappa shape index (κ3) is 8.55. The number of rotatable bonds is 16. The highest BCUT2D eigenvalue weighted by Gasteiger charge is 2.52. The standard InChI is InChI=1S/C15H35NO6Si/c1-6-17-14-15(18-7-2,12-11-13-16)22-23(19-8-3,20-9-4)21-10-5/h6-14,16H2,1-5H3. The van der Waals surface area contributed by atoms with Gasteiger partial charge < -0.3 is 32.9 Å². The Balaban J connectivity index is 5.40. The Bertz CT molecular complexity index is 258. The highest BCUT2D eigenvalue weighted by molar-refractivity contribution is 6.53. The molecule has 0 spiro atoms. The van der Waals surface area contributed by atoms with E-state index in [4.69, 9.17) is 32.9 Å². The summed E-state index contributed by atoms with van der Waals surface area (Å²) in [7, 11) is -3.31. The van der Waals surface area contributed by atoms with Gasteiger partial charge >= 0.3 is 9.05 Å². The molecular weight excluding hydrogens is 318 g/mol. The van der Waals surface area contributed by atoms with E-state index < -0.39 is 14.8 Å². The second-order valence-electron chi connectivity index (χ2n) is 4.77. The molecule has 8 heteroatoms. The van der Waals surface area contributed by atoms with Crippen molar-refractivity contribution < 1.29 is 27.2 Å². The van der Waals surface area contributed by atoms with Gasteiger partial charge in [0.05, 0.1) is 6.61 Å². The molecule has 0 radical (unpaired) electrons. The highest BCUT2D eigenvalue weighted by atomic mass is 28.4. The quantitative estimate of drug-likeness (QED) is 0.336. The van der Waals surface area contributed by atoms with Crippen molar-refractivity contribution in [1.29, 1.82) is 0 Å². The fourth-order valence-corrected chi connectivity index (χ4v) is 4.32. The van der Waals surface area contributed by atoms with Crippen LogP contribution >= 0.6 is 0 Å². The lowest BCUT2D eigenvalue weighted by molar-refractivity contribution is -0.252. The first-order valence-electron chi connectivity index (χ1n) is 8.61. The van der Waals surface area contributed by atoms with Gasteiger partial charge in [-0.2, -0.15) is 0 Å². The molecule has 0 fully saturated rings. The number of ether oxygens (including phenoxy) is 2. The molecule has 23 heavy (non-hydrogen) atoms. The average Bonchev–Trinajstić information content (AvgIpc) is 2.52. The lowest BCUT2D eigenvalue weighted by Crippen LogP contribution is -2.58. The fraction of sp³-hybridized carbons (Fsp3) is 1.00. The Kier molecular flexibility index (Phi) is 13.2. The third-order valence-electron chi connectivity index (χ3n) is 2.97. The summed E-state index contributed by atoms with van der Waals surface area (Å²) >= 11 is 0. The molecule has 0 amide bonds. The maximum atomic E-state index is 6.26. The number of nitrogens with two attached hydrogens (primary N) is 1. The molecule has 2 N–H and O–H groups in total. The van der Waals surface area contributed by atoms with Crippen molar-refractivity contribution in [3.63, 3.8) is 0 Å². The lowest BCUT2D eigenvalue weighted by atomic mass is 10.1. The van der Waals surface area contributed by atoms with Crippen LogP contribution in [-0.2, 0) is 27.2 Å². The van der Waals surface area contributed by atoms with Crippen LogP contribution in [0.15, 0.2) is 0 Å². The Morgan fingerprint density at radius 2 is 1.39 bits per heavy atom. The van der Waals surface area contributed by atoms with Crippen LogP contribution in [0, 0.1) is 0 Å². The van der Waals surface area contributed by atoms with Gasteiger partial charge in [0.1, 0.15) is 0 Å². The van der Waals surface area contributed by atoms with E-state index in [2.05, 4.69) is 0 Å². The summed E-state index contributed by atoms with van der Waals surface area (Å²) in [4.78, 5) is 0. The van der Waals surface area contributed by atoms with Crippen LogP contribution in [0.3, 0.4) is 0 Å². The summed E-state index contributed by atoms with van der Waals surface area (Å²) in [5.41, 5.74) is 5.67. The molecule has 7 nitrogen and oxygen atoms in total. The van der Waals surface area contributed by atoms with Gasteiger partial charge in [-0.3, -0.25) is 0 Å². The summed E-state index contributed by atoms with van der Waals surface area (Å²) < 4.78 is 35.1. The van der Waals surface area contributed by atoms with E-state index in [0.717, 1.165) is 6.42 Å². The van der Waals surface area contributed by atoms with Gasteiger partial charge in [0, 0.05) is 39.5 Å². The van der Waals surface area contributed by atoms with Gasteiger partial charge in [0.15, 0.2) is 5.79 Å². The van der Waals surface area contributed by atoms with E-state index in [-0.39, 0.29) is 6.61 Å². The van der Waals surface area contributed by atoms with E-state index in [1.165, 1.54) is 0 Å². The molecule has 0 rings (SSSR count). The predicted molar refractivity (Wildman–Crippen MR) is 90.9 cm³/mol. The first kappa shape index (κ1) is 22.9. The third-order valence-corrected chi connectivity index (χ3v) is 5.52. The Labute approximate surface area is 142 Å². The molecule has 0 aliphatic rings. The minimum Gasteiger partial charge on any atom is -0.376 e. The van der Waals surface area contributed by atoms with Crippen molar-refractivity contribution in [2.24, 2.45) is 5.73 Å². The average molecular weight is 354 g/mol. The molecule has 0 aromatic rings. The lowest BCUT2D eigenvalue weighted by Gasteiger charge is -2.39. The molecule has 0 aromatic heterocycles. The van der Waals surface area contributed by atoms with E-state index in [1.807, 2.05) is 34.6 Å². The van der Waals surface area contributed by atoms with Gasteiger partial charge in [0.2, 0.25) is 0 Å². The summed E-state index contributed by atoms with van der Waals surface area (Å²) in [6.07, 6.45) is 1.32. The molecule has 0 aliphatic carbocycles. The Morgan fingerprint density at radius 3 is 1.78 bits per heavy atom. The highest BCUT2D eigenvalue weighted by Crippen LogP contribution is 2.28. The molecule has 0 heterocycles. The Morgan fingerprint density at radius 1 is 0.826 bits per heavy atom. The van der Waals surface area contributed by atoms with E-state index in [0.29, 0.717) is 46.0 Å². The van der Waals surface area contributed by atoms with E-state index in [9.17, 15) is 0 Å². The van der Waals surface area contributed by atoms with Gasteiger partial charge in [0.25, 0.3) is 0 Å². The van der Waals surface area contributed by atoms with Gasteiger partial charge in [-0.15, -0.1) is 0 Å². The zero-order valence-electron chi connectivity index (χ0n) is 15.4. The van der Waals surface area contributed by atoms with Crippen LogP contribution < -0.4 is 5.73 Å². The second-order valence-corrected chi connectivity index (χ2v) is 6.84. The topological polar surface area (TPSA) is 81.4 Å². The number of hydrogen-bond acceptors (Lipinski definition) is 7. The van der Waals surface area contributed by atoms with Gasteiger partial charge in [-0.25, -0.2) is 0 Å². The first-order valence-corrected chi connectivity index (χ1v) is 10.2. The van der Waals surface area contributed by atoms with Crippen LogP contribution in [0.1, 0.15) is 47.5 Å². The van der Waals surface area contributed by atoms with Crippen LogP contribution in [0.25, 0.3) is 0 Å². The smallest absolute Gasteiger partial charge is 0.376 e. The fourth-order valence-electron chi connectivity index (χ4n) is 2.16. The minimum absolute atomic E-state index is 0.277. The summed E-state index contributed by atoms with van der Waals surface area (Å²) in [6, 6.07) is 0. The predicted octanol–water partition coefficient (Wildman–Crippen LogP) is 2.06. The normalized spacial score (nSPS) is 14.9. The van der Waals surface area contributed by atoms with Crippen LogP contribution in [0.4, 0.5) is 0 Å². The number of hydrogen-bond donors (Lipinski definition) is 1. The molecule has 0 saturated heterocycles. The largest absolute Gasteiger partial charge is 0.681 e. The molecule has 140 valence electrons. The molecule has 0 aliphatic heterocycles. The van der Waals surface area contributed by atoms with Gasteiger partial charge in [-0.1, -0.05) is 0 Å². The summed E-state index contributed by atoms with van der Waals surface area (Å²) in [6.45, 7) is 12.6. The van der Waals surface area contributed by atoms with Gasteiger partial charge in [-0.05, 0) is 47.6 Å². The Hall–Kier alpha value is -0.0631. The zero-order valence-corrected chi connectivity index (χ0v) is 16.4.